The van der Waals surface area contributed by atoms with Gasteiger partial charge in [-0.05, 0) is 82.6 Å². The zero-order valence-electron chi connectivity index (χ0n) is 22.9. The van der Waals surface area contributed by atoms with Gasteiger partial charge in [0, 0.05) is 29.9 Å². The molecule has 0 radical (unpaired) electrons. The summed E-state index contributed by atoms with van der Waals surface area (Å²) >= 11 is 0. The van der Waals surface area contributed by atoms with Gasteiger partial charge in [-0.3, -0.25) is 9.69 Å². The van der Waals surface area contributed by atoms with Crippen LogP contribution >= 0.6 is 0 Å². The molecule has 2 aliphatic rings. The lowest BCUT2D eigenvalue weighted by Crippen LogP contribution is -2.42. The van der Waals surface area contributed by atoms with Gasteiger partial charge < -0.3 is 15.0 Å². The highest BCUT2D eigenvalue weighted by Gasteiger charge is 2.45. The van der Waals surface area contributed by atoms with Crippen molar-refractivity contribution in [1.82, 2.24) is 9.80 Å². The number of likely N-dealkylation sites (N-methyl/N-ethyl adjacent to an activating group) is 2. The molecular formula is C31H40N4O2. The number of nitrogens with zero attached hydrogens (tertiary/aromatic N) is 3. The van der Waals surface area contributed by atoms with Gasteiger partial charge in [0.1, 0.15) is 23.9 Å². The van der Waals surface area contributed by atoms with Gasteiger partial charge >= 0.3 is 0 Å². The Morgan fingerprint density at radius 1 is 1.03 bits per heavy atom. The molecule has 1 aliphatic carbocycles. The lowest BCUT2D eigenvalue weighted by Gasteiger charge is -2.31. The van der Waals surface area contributed by atoms with Crippen molar-refractivity contribution in [3.05, 3.63) is 77.4 Å². The predicted octanol–water partition coefficient (Wildman–Crippen LogP) is 5.99. The molecule has 0 unspecified atom stereocenters. The zero-order chi connectivity index (χ0) is 26.4. The second-order valence-corrected chi connectivity index (χ2v) is 9.88. The molecule has 1 amide bonds. The van der Waals surface area contributed by atoms with Crippen LogP contribution in [0.5, 0.6) is 5.75 Å². The molecule has 196 valence electrons. The molecule has 1 heterocycles. The van der Waals surface area contributed by atoms with Crippen LogP contribution in [0.15, 0.2) is 76.8 Å². The quantitative estimate of drug-likeness (QED) is 0.412. The largest absolute Gasteiger partial charge is 0.492 e. The number of amidine groups is 1. The summed E-state index contributed by atoms with van der Waals surface area (Å²) in [7, 11) is 0. The van der Waals surface area contributed by atoms with Crippen molar-refractivity contribution in [2.24, 2.45) is 4.99 Å². The molecule has 1 fully saturated rings. The van der Waals surface area contributed by atoms with E-state index in [2.05, 4.69) is 37.9 Å². The molecule has 0 saturated heterocycles. The van der Waals surface area contributed by atoms with Gasteiger partial charge in [-0.25, -0.2) is 4.99 Å². The van der Waals surface area contributed by atoms with E-state index in [1.165, 1.54) is 0 Å². The van der Waals surface area contributed by atoms with Crippen LogP contribution in [0.1, 0.15) is 53.0 Å². The smallest absolute Gasteiger partial charge is 0.260 e. The molecule has 0 atom stereocenters. The van der Waals surface area contributed by atoms with Gasteiger partial charge in [0.05, 0.1) is 0 Å². The molecule has 37 heavy (non-hydrogen) atoms. The summed E-state index contributed by atoms with van der Waals surface area (Å²) in [5.74, 6) is 1.63. The Morgan fingerprint density at radius 2 is 1.70 bits per heavy atom. The molecule has 2 aromatic rings. The van der Waals surface area contributed by atoms with Gasteiger partial charge in [0.2, 0.25) is 0 Å². The van der Waals surface area contributed by atoms with Crippen molar-refractivity contribution < 1.29 is 9.53 Å². The third-order valence-electron chi connectivity index (χ3n) is 7.05. The van der Waals surface area contributed by atoms with Crippen molar-refractivity contribution in [3.8, 4) is 5.75 Å². The second-order valence-electron chi connectivity index (χ2n) is 9.88. The van der Waals surface area contributed by atoms with Crippen molar-refractivity contribution in [1.29, 1.82) is 0 Å². The molecule has 0 bridgehead atoms. The zero-order valence-corrected chi connectivity index (χ0v) is 22.9. The average molecular weight is 501 g/mol. The van der Waals surface area contributed by atoms with Crippen LogP contribution in [-0.2, 0) is 4.79 Å². The van der Waals surface area contributed by atoms with E-state index in [0.29, 0.717) is 18.7 Å². The second kappa shape index (κ2) is 11.8. The number of benzene rings is 2. The van der Waals surface area contributed by atoms with Crippen molar-refractivity contribution in [2.45, 2.75) is 53.1 Å². The van der Waals surface area contributed by atoms with Gasteiger partial charge in [0.25, 0.3) is 5.91 Å². The normalized spacial score (nSPS) is 17.7. The van der Waals surface area contributed by atoms with E-state index >= 15 is 0 Å². The molecule has 2 aromatic carbocycles. The maximum Gasteiger partial charge on any atom is 0.260 e. The monoisotopic (exact) mass is 500 g/mol. The number of anilines is 1. The first-order valence-electron chi connectivity index (χ1n) is 13.5. The van der Waals surface area contributed by atoms with Crippen LogP contribution in [0.4, 0.5) is 5.69 Å². The lowest BCUT2D eigenvalue weighted by atomic mass is 9.94. The number of hydrogen-bond acceptors (Lipinski definition) is 5. The van der Waals surface area contributed by atoms with Crippen LogP contribution in [0, 0.1) is 0 Å². The van der Waals surface area contributed by atoms with Gasteiger partial charge in [-0.15, -0.1) is 0 Å². The molecule has 6 heteroatoms. The van der Waals surface area contributed by atoms with Crippen LogP contribution in [0.2, 0.25) is 0 Å². The number of allylic oxidation sites excluding steroid dienone is 1. The summed E-state index contributed by atoms with van der Waals surface area (Å²) in [6.07, 6.45) is 3.86. The summed E-state index contributed by atoms with van der Waals surface area (Å²) in [5, 5.41) is 3.63. The SMILES string of the molecule is CCN(CC)CCOc1ccc(NC2(/N=C3\C(=C(C)C)C=C(c4ccccc4)C(=O)N3CC)CC2)cc1. The Labute approximate surface area is 221 Å². The van der Waals surface area contributed by atoms with E-state index in [1.54, 1.807) is 0 Å². The minimum absolute atomic E-state index is 0.000497. The summed E-state index contributed by atoms with van der Waals surface area (Å²) in [6.45, 7) is 14.7. The minimum atomic E-state index is -0.396. The van der Waals surface area contributed by atoms with Crippen molar-refractivity contribution in [2.75, 3.05) is 38.1 Å². The highest BCUT2D eigenvalue weighted by molar-refractivity contribution is 6.31. The number of nitrogens with one attached hydrogen (secondary N) is 1. The number of aliphatic imine (C=N–C) groups is 1. The first-order valence-corrected chi connectivity index (χ1v) is 13.5. The molecule has 6 nitrogen and oxygen atoms in total. The molecule has 0 spiro atoms. The molecule has 1 N–H and O–H groups in total. The first kappa shape index (κ1) is 26.7. The van der Waals surface area contributed by atoms with Crippen molar-refractivity contribution >= 4 is 23.0 Å². The van der Waals surface area contributed by atoms with Gasteiger partial charge in [0.15, 0.2) is 0 Å². The molecule has 4 rings (SSSR count). The van der Waals surface area contributed by atoms with Crippen molar-refractivity contribution in [3.63, 3.8) is 0 Å². The molecule has 1 saturated carbocycles. The maximum atomic E-state index is 13.5. The number of amides is 1. The topological polar surface area (TPSA) is 57.2 Å². The van der Waals surface area contributed by atoms with Crippen LogP contribution in [-0.4, -0.2) is 60.0 Å². The highest BCUT2D eigenvalue weighted by atomic mass is 16.5. The Kier molecular flexibility index (Phi) is 8.49. The first-order chi connectivity index (χ1) is 17.9. The number of ether oxygens (including phenoxy) is 1. The fourth-order valence-corrected chi connectivity index (χ4v) is 4.59. The van der Waals surface area contributed by atoms with E-state index in [0.717, 1.165) is 66.5 Å². The number of hydrogen-bond donors (Lipinski definition) is 1. The highest BCUT2D eigenvalue weighted by Crippen LogP contribution is 2.42. The van der Waals surface area contributed by atoms with E-state index in [-0.39, 0.29) is 5.91 Å². The maximum absolute atomic E-state index is 13.5. The number of rotatable bonds is 11. The van der Waals surface area contributed by atoms with E-state index < -0.39 is 5.66 Å². The van der Waals surface area contributed by atoms with Crippen LogP contribution in [0.25, 0.3) is 5.57 Å². The Morgan fingerprint density at radius 3 is 2.27 bits per heavy atom. The summed E-state index contributed by atoms with van der Waals surface area (Å²) in [4.78, 5) is 22.9. The van der Waals surface area contributed by atoms with E-state index in [1.807, 2.05) is 72.5 Å². The van der Waals surface area contributed by atoms with E-state index in [4.69, 9.17) is 9.73 Å². The molecule has 1 aliphatic heterocycles. The fraction of sp³-hybridized carbons (Fsp3) is 0.419. The van der Waals surface area contributed by atoms with Crippen LogP contribution < -0.4 is 10.1 Å². The molecule has 0 aromatic heterocycles. The van der Waals surface area contributed by atoms with Gasteiger partial charge in [-0.1, -0.05) is 49.8 Å². The Bertz CT molecular complexity index is 1170. The number of carbonyl (C=O) groups is 1. The number of carbonyl (C=O) groups excluding carboxylic acids is 1. The Hall–Kier alpha value is -3.38. The minimum Gasteiger partial charge on any atom is -0.492 e. The van der Waals surface area contributed by atoms with Gasteiger partial charge in [-0.2, -0.15) is 0 Å². The third-order valence-corrected chi connectivity index (χ3v) is 7.05. The third kappa shape index (κ3) is 6.31. The summed E-state index contributed by atoms with van der Waals surface area (Å²) in [6, 6.07) is 18.0. The summed E-state index contributed by atoms with van der Waals surface area (Å²) < 4.78 is 5.94. The fourth-order valence-electron chi connectivity index (χ4n) is 4.59. The standard InChI is InChI=1S/C31H40N4O2/c1-6-34(7-2)20-21-37-26-16-14-25(15-17-26)32-31(18-19-31)33-29-27(23(4)5)22-28(30(36)35(29)8-3)24-12-10-9-11-13-24/h9-17,22,32H,6-8,18-21H2,1-5H3/b33-29+. The summed E-state index contributed by atoms with van der Waals surface area (Å²) in [5.41, 5.74) is 4.41. The average Bonchev–Trinajstić information content (AvgIpc) is 3.67. The lowest BCUT2D eigenvalue weighted by molar-refractivity contribution is -0.121. The predicted molar refractivity (Wildman–Crippen MR) is 153 cm³/mol. The van der Waals surface area contributed by atoms with Crippen LogP contribution in [0.3, 0.4) is 0 Å². The Balaban J connectivity index is 1.53. The molecular weight excluding hydrogens is 460 g/mol. The van der Waals surface area contributed by atoms with E-state index in [9.17, 15) is 4.79 Å².